The Labute approximate surface area is 137 Å². The van der Waals surface area contributed by atoms with Gasteiger partial charge < -0.3 is 18.3 Å². The van der Waals surface area contributed by atoms with Crippen molar-refractivity contribution in [1.29, 1.82) is 0 Å². The van der Waals surface area contributed by atoms with Gasteiger partial charge in [-0.3, -0.25) is 10.1 Å². The van der Waals surface area contributed by atoms with Crippen LogP contribution in [0, 0.1) is 0 Å². The molecule has 0 fully saturated rings. The van der Waals surface area contributed by atoms with E-state index in [0.29, 0.717) is 18.1 Å². The largest absolute Gasteiger partial charge is 0.494 e. The lowest BCUT2D eigenvalue weighted by atomic mass is 10.3. The highest BCUT2D eigenvalue weighted by Crippen LogP contribution is 2.20. The van der Waals surface area contributed by atoms with E-state index in [4.69, 9.17) is 18.3 Å². The summed E-state index contributed by atoms with van der Waals surface area (Å²) in [4.78, 5) is 11.8. The lowest BCUT2D eigenvalue weighted by Gasteiger charge is -2.07. The van der Waals surface area contributed by atoms with Gasteiger partial charge in [-0.1, -0.05) is 5.10 Å². The maximum Gasteiger partial charge on any atom is 0.322 e. The summed E-state index contributed by atoms with van der Waals surface area (Å²) < 4.78 is 21.1. The first-order chi connectivity index (χ1) is 11.7. The highest BCUT2D eigenvalue weighted by atomic mass is 16.5. The van der Waals surface area contributed by atoms with Gasteiger partial charge in [-0.25, -0.2) is 0 Å². The van der Waals surface area contributed by atoms with Crippen LogP contribution in [0.3, 0.4) is 0 Å². The summed E-state index contributed by atoms with van der Waals surface area (Å²) in [5.74, 6) is 1.48. The molecule has 0 unspecified atom stereocenters. The number of anilines is 1. The van der Waals surface area contributed by atoms with Crippen molar-refractivity contribution in [3.05, 3.63) is 42.7 Å². The SMILES string of the molecule is CCOc1ccc(OCC(=O)Nc2nnc(-c3ccco3)o2)cc1. The third-order valence-electron chi connectivity index (χ3n) is 2.91. The molecule has 2 heterocycles. The summed E-state index contributed by atoms with van der Waals surface area (Å²) in [5.41, 5.74) is 0. The Morgan fingerprint density at radius 3 is 2.54 bits per heavy atom. The molecule has 0 aliphatic heterocycles. The lowest BCUT2D eigenvalue weighted by Crippen LogP contribution is -2.20. The van der Waals surface area contributed by atoms with Crippen molar-refractivity contribution in [2.45, 2.75) is 6.92 Å². The highest BCUT2D eigenvalue weighted by Gasteiger charge is 2.13. The van der Waals surface area contributed by atoms with E-state index in [9.17, 15) is 4.79 Å². The van der Waals surface area contributed by atoms with Crippen LogP contribution >= 0.6 is 0 Å². The molecule has 0 saturated heterocycles. The summed E-state index contributed by atoms with van der Waals surface area (Å²) in [6.45, 7) is 2.31. The van der Waals surface area contributed by atoms with Gasteiger partial charge in [-0.15, -0.1) is 5.10 Å². The molecule has 3 aromatic rings. The number of rotatable bonds is 7. The molecule has 0 atom stereocenters. The second-order valence-corrected chi connectivity index (χ2v) is 4.63. The van der Waals surface area contributed by atoms with Gasteiger partial charge in [0.1, 0.15) is 11.5 Å². The monoisotopic (exact) mass is 329 g/mol. The number of ether oxygens (including phenoxy) is 2. The van der Waals surface area contributed by atoms with Gasteiger partial charge in [0.15, 0.2) is 12.4 Å². The van der Waals surface area contributed by atoms with Gasteiger partial charge in [0.25, 0.3) is 11.8 Å². The average Bonchev–Trinajstić information content (AvgIpc) is 3.26. The number of nitrogens with one attached hydrogen (secondary N) is 1. The summed E-state index contributed by atoms with van der Waals surface area (Å²) >= 11 is 0. The Morgan fingerprint density at radius 2 is 1.88 bits per heavy atom. The zero-order chi connectivity index (χ0) is 16.8. The summed E-state index contributed by atoms with van der Waals surface area (Å²) in [6, 6.07) is 10.3. The number of aromatic nitrogens is 2. The topological polar surface area (TPSA) is 99.6 Å². The van der Waals surface area contributed by atoms with Crippen molar-refractivity contribution < 1.29 is 23.1 Å². The molecule has 0 bridgehead atoms. The Morgan fingerprint density at radius 1 is 1.12 bits per heavy atom. The highest BCUT2D eigenvalue weighted by molar-refractivity contribution is 5.89. The molecule has 8 heteroatoms. The number of hydrogen-bond acceptors (Lipinski definition) is 7. The standard InChI is InChI=1S/C16H15N3O5/c1-2-21-11-5-7-12(8-6-11)23-10-14(20)17-16-19-18-15(24-16)13-4-3-9-22-13/h3-9H,2,10H2,1H3,(H,17,19,20). The minimum Gasteiger partial charge on any atom is -0.494 e. The van der Waals surface area contributed by atoms with Crippen LogP contribution in [-0.2, 0) is 4.79 Å². The van der Waals surface area contributed by atoms with Crippen LogP contribution in [0.15, 0.2) is 51.5 Å². The average molecular weight is 329 g/mol. The zero-order valence-corrected chi connectivity index (χ0v) is 12.9. The number of furan rings is 1. The Kier molecular flexibility index (Phi) is 4.76. The fourth-order valence-corrected chi connectivity index (χ4v) is 1.88. The molecule has 0 spiro atoms. The van der Waals surface area contributed by atoms with E-state index in [2.05, 4.69) is 15.5 Å². The summed E-state index contributed by atoms with van der Waals surface area (Å²) in [7, 11) is 0. The Hall–Kier alpha value is -3.29. The third kappa shape index (κ3) is 3.92. The summed E-state index contributed by atoms with van der Waals surface area (Å²) in [6.07, 6.45) is 1.49. The van der Waals surface area contributed by atoms with E-state index in [0.717, 1.165) is 5.75 Å². The second-order valence-electron chi connectivity index (χ2n) is 4.63. The number of nitrogens with zero attached hydrogens (tertiary/aromatic N) is 2. The van der Waals surface area contributed by atoms with Crippen LogP contribution in [0.25, 0.3) is 11.7 Å². The smallest absolute Gasteiger partial charge is 0.322 e. The molecule has 0 aliphatic rings. The molecule has 8 nitrogen and oxygen atoms in total. The normalized spacial score (nSPS) is 10.4. The minimum absolute atomic E-state index is 0.0262. The molecule has 124 valence electrons. The van der Waals surface area contributed by atoms with E-state index in [-0.39, 0.29) is 18.5 Å². The molecule has 1 N–H and O–H groups in total. The maximum absolute atomic E-state index is 11.8. The molecule has 3 rings (SSSR count). The Bertz CT molecular complexity index is 780. The van der Waals surface area contributed by atoms with Crippen LogP contribution < -0.4 is 14.8 Å². The van der Waals surface area contributed by atoms with Crippen LogP contribution in [0.4, 0.5) is 6.01 Å². The van der Waals surface area contributed by atoms with Gasteiger partial charge in [0, 0.05) is 0 Å². The maximum atomic E-state index is 11.8. The minimum atomic E-state index is -0.418. The van der Waals surface area contributed by atoms with E-state index < -0.39 is 5.91 Å². The predicted octanol–water partition coefficient (Wildman–Crippen LogP) is 2.75. The fourth-order valence-electron chi connectivity index (χ4n) is 1.88. The predicted molar refractivity (Wildman–Crippen MR) is 83.7 cm³/mol. The molecule has 0 aliphatic carbocycles. The van der Waals surface area contributed by atoms with Crippen molar-refractivity contribution in [1.82, 2.24) is 10.2 Å². The van der Waals surface area contributed by atoms with Gasteiger partial charge in [-0.05, 0) is 43.3 Å². The van der Waals surface area contributed by atoms with Crippen molar-refractivity contribution >= 4 is 11.9 Å². The zero-order valence-electron chi connectivity index (χ0n) is 12.9. The summed E-state index contributed by atoms with van der Waals surface area (Å²) in [5, 5.41) is 9.95. The molecule has 0 saturated carbocycles. The molecule has 1 aromatic carbocycles. The number of hydrogen-bond donors (Lipinski definition) is 1. The van der Waals surface area contributed by atoms with Gasteiger partial charge in [0.2, 0.25) is 0 Å². The Balaban J connectivity index is 1.50. The number of carbonyl (C=O) groups excluding carboxylic acids is 1. The molecule has 0 radical (unpaired) electrons. The van der Waals surface area contributed by atoms with Crippen molar-refractivity contribution in [3.63, 3.8) is 0 Å². The third-order valence-corrected chi connectivity index (χ3v) is 2.91. The van der Waals surface area contributed by atoms with Gasteiger partial charge >= 0.3 is 6.01 Å². The van der Waals surface area contributed by atoms with Gasteiger partial charge in [0.05, 0.1) is 12.9 Å². The molecular formula is C16H15N3O5. The van der Waals surface area contributed by atoms with Crippen LogP contribution in [0.5, 0.6) is 11.5 Å². The number of benzene rings is 1. The van der Waals surface area contributed by atoms with Crippen molar-refractivity contribution in [3.8, 4) is 23.1 Å². The van der Waals surface area contributed by atoms with E-state index in [1.54, 1.807) is 36.4 Å². The second kappa shape index (κ2) is 7.32. The molecule has 2 aromatic heterocycles. The quantitative estimate of drug-likeness (QED) is 0.711. The van der Waals surface area contributed by atoms with Gasteiger partial charge in [-0.2, -0.15) is 0 Å². The first-order valence-corrected chi connectivity index (χ1v) is 7.27. The van der Waals surface area contributed by atoms with E-state index in [1.165, 1.54) is 6.26 Å². The molecular weight excluding hydrogens is 314 g/mol. The van der Waals surface area contributed by atoms with Crippen molar-refractivity contribution in [2.24, 2.45) is 0 Å². The fraction of sp³-hybridized carbons (Fsp3) is 0.188. The number of carbonyl (C=O) groups is 1. The molecule has 1 amide bonds. The van der Waals surface area contributed by atoms with Crippen LogP contribution in [0.2, 0.25) is 0 Å². The van der Waals surface area contributed by atoms with E-state index >= 15 is 0 Å². The lowest BCUT2D eigenvalue weighted by molar-refractivity contribution is -0.118. The van der Waals surface area contributed by atoms with Crippen molar-refractivity contribution in [2.75, 3.05) is 18.5 Å². The van der Waals surface area contributed by atoms with Crippen LogP contribution in [0.1, 0.15) is 6.92 Å². The van der Waals surface area contributed by atoms with E-state index in [1.807, 2.05) is 6.92 Å². The first-order valence-electron chi connectivity index (χ1n) is 7.27. The molecule has 24 heavy (non-hydrogen) atoms. The first kappa shape index (κ1) is 15.6. The van der Waals surface area contributed by atoms with Crippen LogP contribution in [-0.4, -0.2) is 29.3 Å². The number of amides is 1.